The van der Waals surface area contributed by atoms with Gasteiger partial charge in [-0.3, -0.25) is 4.79 Å². The molecule has 1 unspecified atom stereocenters. The van der Waals surface area contributed by atoms with Gasteiger partial charge in [0.05, 0.1) is 11.4 Å². The zero-order valence-electron chi connectivity index (χ0n) is 16.3. The highest BCUT2D eigenvalue weighted by molar-refractivity contribution is 7.89. The molecule has 0 radical (unpaired) electrons. The number of anilines is 1. The van der Waals surface area contributed by atoms with Gasteiger partial charge in [0, 0.05) is 23.7 Å². The van der Waals surface area contributed by atoms with Crippen molar-refractivity contribution in [2.45, 2.75) is 37.1 Å². The van der Waals surface area contributed by atoms with Crippen LogP contribution >= 0.6 is 0 Å². The molecule has 152 valence electrons. The molecule has 2 heterocycles. The summed E-state index contributed by atoms with van der Waals surface area (Å²) in [6, 6.07) is 15.8. The third-order valence-electron chi connectivity index (χ3n) is 5.36. The SMILES string of the molecule is CC1CCCCN1S(=O)(=O)c1ccc(NCC(=O)c2cc3ccccc3o2)cc1. The first-order valence-electron chi connectivity index (χ1n) is 9.83. The Labute approximate surface area is 170 Å². The van der Waals surface area contributed by atoms with Gasteiger partial charge in [-0.1, -0.05) is 24.6 Å². The maximum absolute atomic E-state index is 12.9. The topological polar surface area (TPSA) is 79.6 Å². The fourth-order valence-electron chi connectivity index (χ4n) is 3.70. The molecule has 1 aliphatic rings. The van der Waals surface area contributed by atoms with Crippen LogP contribution in [-0.2, 0) is 10.0 Å². The zero-order valence-corrected chi connectivity index (χ0v) is 17.1. The highest BCUT2D eigenvalue weighted by Gasteiger charge is 2.30. The molecule has 7 heteroatoms. The lowest BCUT2D eigenvalue weighted by molar-refractivity contribution is 0.0982. The van der Waals surface area contributed by atoms with Gasteiger partial charge in [0.15, 0.2) is 5.76 Å². The van der Waals surface area contributed by atoms with E-state index in [-0.39, 0.29) is 23.3 Å². The Morgan fingerprint density at radius 1 is 1.14 bits per heavy atom. The summed E-state index contributed by atoms with van der Waals surface area (Å²) in [5.74, 6) is 0.136. The second-order valence-corrected chi connectivity index (χ2v) is 9.30. The molecule has 2 aromatic carbocycles. The maximum atomic E-state index is 12.9. The first kappa shape index (κ1) is 19.7. The van der Waals surface area contributed by atoms with Gasteiger partial charge in [-0.25, -0.2) is 8.42 Å². The van der Waals surface area contributed by atoms with Crippen molar-refractivity contribution < 1.29 is 17.6 Å². The molecule has 0 saturated carbocycles. The minimum Gasteiger partial charge on any atom is -0.453 e. The van der Waals surface area contributed by atoms with Crippen LogP contribution in [0.5, 0.6) is 0 Å². The predicted molar refractivity (Wildman–Crippen MR) is 113 cm³/mol. The Balaban J connectivity index is 1.42. The number of Topliss-reactive ketones (excluding diaryl/α,β-unsaturated/α-hetero) is 1. The van der Waals surface area contributed by atoms with Crippen molar-refractivity contribution in [2.24, 2.45) is 0 Å². The normalized spacial score (nSPS) is 18.0. The number of carbonyl (C=O) groups excluding carboxylic acids is 1. The average molecular weight is 413 g/mol. The van der Waals surface area contributed by atoms with Crippen LogP contribution in [0.3, 0.4) is 0 Å². The van der Waals surface area contributed by atoms with Crippen LogP contribution in [0.25, 0.3) is 11.0 Å². The van der Waals surface area contributed by atoms with Gasteiger partial charge in [0.2, 0.25) is 15.8 Å². The van der Waals surface area contributed by atoms with Gasteiger partial charge in [0.1, 0.15) is 5.58 Å². The number of carbonyl (C=O) groups is 1. The van der Waals surface area contributed by atoms with Crippen LogP contribution in [0.1, 0.15) is 36.7 Å². The quantitative estimate of drug-likeness (QED) is 0.611. The standard InChI is InChI=1S/C22H24N2O4S/c1-16-6-4-5-13-24(16)29(26,27)19-11-9-18(10-12-19)23-15-20(25)22-14-17-7-2-3-8-21(17)28-22/h2-3,7-12,14,16,23H,4-6,13,15H2,1H3. The minimum absolute atomic E-state index is 0.0213. The van der Waals surface area contributed by atoms with Gasteiger partial charge in [0.25, 0.3) is 0 Å². The number of sulfonamides is 1. The summed E-state index contributed by atoms with van der Waals surface area (Å²) in [6.07, 6.45) is 2.85. The second kappa shape index (κ2) is 8.00. The summed E-state index contributed by atoms with van der Waals surface area (Å²) in [4.78, 5) is 12.7. The zero-order chi connectivity index (χ0) is 20.4. The second-order valence-electron chi connectivity index (χ2n) is 7.41. The van der Waals surface area contributed by atoms with Crippen molar-refractivity contribution >= 4 is 32.5 Å². The van der Waals surface area contributed by atoms with Crippen LogP contribution in [-0.4, -0.2) is 37.6 Å². The predicted octanol–water partition coefficient (Wildman–Crippen LogP) is 4.29. The highest BCUT2D eigenvalue weighted by atomic mass is 32.2. The van der Waals surface area contributed by atoms with Crippen molar-refractivity contribution in [1.82, 2.24) is 4.31 Å². The Morgan fingerprint density at radius 3 is 2.62 bits per heavy atom. The molecule has 1 N–H and O–H groups in total. The van der Waals surface area contributed by atoms with Crippen molar-refractivity contribution in [2.75, 3.05) is 18.4 Å². The van der Waals surface area contributed by atoms with E-state index < -0.39 is 10.0 Å². The van der Waals surface area contributed by atoms with E-state index in [1.54, 1.807) is 34.6 Å². The molecule has 0 bridgehead atoms. The van der Waals surface area contributed by atoms with Crippen molar-refractivity contribution in [3.05, 3.63) is 60.4 Å². The van der Waals surface area contributed by atoms with E-state index >= 15 is 0 Å². The number of furan rings is 1. The molecule has 3 aromatic rings. The Kier molecular flexibility index (Phi) is 5.43. The van der Waals surface area contributed by atoms with E-state index in [1.807, 2.05) is 31.2 Å². The minimum atomic E-state index is -3.49. The molecule has 0 amide bonds. The third-order valence-corrected chi connectivity index (χ3v) is 7.38. The van der Waals surface area contributed by atoms with E-state index in [0.717, 1.165) is 24.6 Å². The van der Waals surface area contributed by atoms with Crippen LogP contribution < -0.4 is 5.32 Å². The summed E-state index contributed by atoms with van der Waals surface area (Å²) < 4.78 is 32.9. The average Bonchev–Trinajstić information content (AvgIpc) is 3.17. The Hall–Kier alpha value is -2.64. The molecule has 1 aromatic heterocycles. The molecule has 29 heavy (non-hydrogen) atoms. The van der Waals surface area contributed by atoms with Crippen LogP contribution in [0.15, 0.2) is 63.9 Å². The maximum Gasteiger partial charge on any atom is 0.243 e. The largest absolute Gasteiger partial charge is 0.453 e. The fraction of sp³-hybridized carbons (Fsp3) is 0.318. The summed E-state index contributed by atoms with van der Waals surface area (Å²) in [5, 5.41) is 3.92. The van der Waals surface area contributed by atoms with Gasteiger partial charge in [-0.05, 0) is 56.2 Å². The lowest BCUT2D eigenvalue weighted by Crippen LogP contribution is -2.41. The number of hydrogen-bond donors (Lipinski definition) is 1. The molecule has 0 aliphatic carbocycles. The van der Waals surface area contributed by atoms with E-state index in [0.29, 0.717) is 23.6 Å². The molecule has 6 nitrogen and oxygen atoms in total. The number of ketones is 1. The number of nitrogens with zero attached hydrogens (tertiary/aromatic N) is 1. The molecule has 4 rings (SSSR count). The monoisotopic (exact) mass is 412 g/mol. The van der Waals surface area contributed by atoms with Crippen molar-refractivity contribution in [3.63, 3.8) is 0 Å². The third kappa shape index (κ3) is 4.06. The van der Waals surface area contributed by atoms with Crippen molar-refractivity contribution in [3.8, 4) is 0 Å². The number of nitrogens with one attached hydrogen (secondary N) is 1. The van der Waals surface area contributed by atoms with Crippen LogP contribution in [0.4, 0.5) is 5.69 Å². The molecule has 1 aliphatic heterocycles. The highest BCUT2D eigenvalue weighted by Crippen LogP contribution is 2.26. The van der Waals surface area contributed by atoms with Gasteiger partial charge >= 0.3 is 0 Å². The van der Waals surface area contributed by atoms with Crippen LogP contribution in [0.2, 0.25) is 0 Å². The Morgan fingerprint density at radius 2 is 1.90 bits per heavy atom. The van der Waals surface area contributed by atoms with E-state index in [4.69, 9.17) is 4.42 Å². The van der Waals surface area contributed by atoms with Crippen molar-refractivity contribution in [1.29, 1.82) is 0 Å². The fourth-order valence-corrected chi connectivity index (χ4v) is 5.40. The molecule has 1 atom stereocenters. The van der Waals surface area contributed by atoms with E-state index in [1.165, 1.54) is 0 Å². The Bertz CT molecular complexity index is 1090. The summed E-state index contributed by atoms with van der Waals surface area (Å²) >= 11 is 0. The first-order chi connectivity index (χ1) is 13.9. The number of piperidine rings is 1. The van der Waals surface area contributed by atoms with Gasteiger partial charge in [-0.15, -0.1) is 0 Å². The molecule has 1 fully saturated rings. The molecule has 0 spiro atoms. The summed E-state index contributed by atoms with van der Waals surface area (Å²) in [6.45, 7) is 2.58. The summed E-state index contributed by atoms with van der Waals surface area (Å²) in [5.41, 5.74) is 1.36. The summed E-state index contributed by atoms with van der Waals surface area (Å²) in [7, 11) is -3.49. The smallest absolute Gasteiger partial charge is 0.243 e. The van der Waals surface area contributed by atoms with Crippen LogP contribution in [0, 0.1) is 0 Å². The molecular formula is C22H24N2O4S. The van der Waals surface area contributed by atoms with Gasteiger partial charge in [-0.2, -0.15) is 4.31 Å². The van der Waals surface area contributed by atoms with E-state index in [9.17, 15) is 13.2 Å². The lowest BCUT2D eigenvalue weighted by atomic mass is 10.1. The number of rotatable bonds is 6. The number of fused-ring (bicyclic) bond motifs is 1. The number of hydrogen-bond acceptors (Lipinski definition) is 5. The molecule has 1 saturated heterocycles. The lowest BCUT2D eigenvalue weighted by Gasteiger charge is -2.32. The molecular weight excluding hydrogens is 388 g/mol. The first-order valence-corrected chi connectivity index (χ1v) is 11.3. The number of benzene rings is 2. The van der Waals surface area contributed by atoms with E-state index in [2.05, 4.69) is 5.32 Å². The number of para-hydroxylation sites is 1. The van der Waals surface area contributed by atoms with Gasteiger partial charge < -0.3 is 9.73 Å².